The van der Waals surface area contributed by atoms with Gasteiger partial charge in [0.1, 0.15) is 0 Å². The molecular weight excluding hydrogens is 207 g/mol. The molecule has 0 amide bonds. The number of hydrogen-bond acceptors (Lipinski definition) is 2. The van der Waals surface area contributed by atoms with Crippen LogP contribution in [0.25, 0.3) is 0 Å². The van der Waals surface area contributed by atoms with E-state index in [4.69, 9.17) is 22.6 Å². The Morgan fingerprint density at radius 3 is 2.54 bits per heavy atom. The van der Waals surface area contributed by atoms with Crippen LogP contribution >= 0.6 is 24.0 Å². The summed E-state index contributed by atoms with van der Waals surface area (Å²) in [7, 11) is 0. The van der Waals surface area contributed by atoms with Gasteiger partial charge in [0.15, 0.2) is 0 Å². The largest absolute Gasteiger partial charge is 0.324 e. The SMILES string of the molecule is CC(N)c1ccc(C#N)cc1Cl.Cl. The van der Waals surface area contributed by atoms with Crippen molar-refractivity contribution in [1.29, 1.82) is 5.26 Å². The van der Waals surface area contributed by atoms with Gasteiger partial charge in [-0.25, -0.2) is 0 Å². The monoisotopic (exact) mass is 216 g/mol. The topological polar surface area (TPSA) is 49.8 Å². The van der Waals surface area contributed by atoms with Gasteiger partial charge in [-0.3, -0.25) is 0 Å². The standard InChI is InChI=1S/C9H9ClN2.ClH/c1-6(12)8-3-2-7(5-11)4-9(8)10;/h2-4,6H,12H2,1H3;1H. The van der Waals surface area contributed by atoms with Crippen molar-refractivity contribution in [3.8, 4) is 6.07 Å². The van der Waals surface area contributed by atoms with E-state index in [1.165, 1.54) is 0 Å². The van der Waals surface area contributed by atoms with Crippen molar-refractivity contribution in [1.82, 2.24) is 0 Å². The maximum absolute atomic E-state index is 8.55. The molecule has 70 valence electrons. The summed E-state index contributed by atoms with van der Waals surface area (Å²) in [6.45, 7) is 1.85. The number of benzene rings is 1. The highest BCUT2D eigenvalue weighted by atomic mass is 35.5. The molecule has 0 heterocycles. The lowest BCUT2D eigenvalue weighted by molar-refractivity contribution is 0.818. The van der Waals surface area contributed by atoms with E-state index < -0.39 is 0 Å². The molecule has 4 heteroatoms. The third-order valence-electron chi connectivity index (χ3n) is 1.62. The fourth-order valence-electron chi connectivity index (χ4n) is 0.966. The first-order valence-electron chi connectivity index (χ1n) is 3.60. The van der Waals surface area contributed by atoms with Crippen LogP contribution in [0.1, 0.15) is 24.1 Å². The molecule has 1 aromatic rings. The molecule has 0 aliphatic rings. The van der Waals surface area contributed by atoms with Gasteiger partial charge < -0.3 is 5.73 Å². The lowest BCUT2D eigenvalue weighted by Gasteiger charge is -2.07. The van der Waals surface area contributed by atoms with Gasteiger partial charge >= 0.3 is 0 Å². The highest BCUT2D eigenvalue weighted by Gasteiger charge is 2.04. The maximum Gasteiger partial charge on any atom is 0.0992 e. The smallest absolute Gasteiger partial charge is 0.0992 e. The Balaban J connectivity index is 0.00000144. The van der Waals surface area contributed by atoms with Crippen molar-refractivity contribution >= 4 is 24.0 Å². The highest BCUT2D eigenvalue weighted by Crippen LogP contribution is 2.22. The first kappa shape index (κ1) is 12.2. The van der Waals surface area contributed by atoms with Gasteiger partial charge in [-0.2, -0.15) is 5.26 Å². The highest BCUT2D eigenvalue weighted by molar-refractivity contribution is 6.31. The van der Waals surface area contributed by atoms with Crippen molar-refractivity contribution in [2.24, 2.45) is 5.73 Å². The Kier molecular flexibility index (Phi) is 4.79. The van der Waals surface area contributed by atoms with Crippen LogP contribution < -0.4 is 5.73 Å². The minimum absolute atomic E-state index is 0. The molecule has 0 bridgehead atoms. The molecule has 0 saturated heterocycles. The van der Waals surface area contributed by atoms with Crippen molar-refractivity contribution in [3.63, 3.8) is 0 Å². The second-order valence-corrected chi connectivity index (χ2v) is 3.04. The molecular formula is C9H10Cl2N2. The molecule has 0 aliphatic carbocycles. The number of nitriles is 1. The summed E-state index contributed by atoms with van der Waals surface area (Å²) in [6.07, 6.45) is 0. The van der Waals surface area contributed by atoms with Crippen LogP contribution in [0.4, 0.5) is 0 Å². The average molecular weight is 217 g/mol. The van der Waals surface area contributed by atoms with Crippen LogP contribution in [-0.4, -0.2) is 0 Å². The maximum atomic E-state index is 8.55. The van der Waals surface area contributed by atoms with E-state index in [9.17, 15) is 0 Å². The van der Waals surface area contributed by atoms with E-state index in [0.717, 1.165) is 5.56 Å². The number of halogens is 2. The quantitative estimate of drug-likeness (QED) is 0.785. The third kappa shape index (κ3) is 2.89. The lowest BCUT2D eigenvalue weighted by atomic mass is 10.1. The summed E-state index contributed by atoms with van der Waals surface area (Å²) < 4.78 is 0. The van der Waals surface area contributed by atoms with E-state index in [0.29, 0.717) is 10.6 Å². The Morgan fingerprint density at radius 1 is 1.54 bits per heavy atom. The van der Waals surface area contributed by atoms with E-state index in [-0.39, 0.29) is 18.4 Å². The van der Waals surface area contributed by atoms with Gasteiger partial charge in [-0.1, -0.05) is 17.7 Å². The zero-order valence-corrected chi connectivity index (χ0v) is 8.69. The predicted molar refractivity (Wildman–Crippen MR) is 56.0 cm³/mol. The third-order valence-corrected chi connectivity index (χ3v) is 1.95. The van der Waals surface area contributed by atoms with Crippen LogP contribution in [0.5, 0.6) is 0 Å². The van der Waals surface area contributed by atoms with E-state index in [1.54, 1.807) is 18.2 Å². The molecule has 1 aromatic carbocycles. The first-order valence-corrected chi connectivity index (χ1v) is 3.98. The zero-order chi connectivity index (χ0) is 9.14. The molecule has 0 spiro atoms. The molecule has 1 rings (SSSR count). The molecule has 0 aromatic heterocycles. The summed E-state index contributed by atoms with van der Waals surface area (Å²) in [4.78, 5) is 0. The Bertz CT molecular complexity index is 329. The minimum atomic E-state index is -0.0924. The second-order valence-electron chi connectivity index (χ2n) is 2.64. The minimum Gasteiger partial charge on any atom is -0.324 e. The fraction of sp³-hybridized carbons (Fsp3) is 0.222. The van der Waals surface area contributed by atoms with E-state index >= 15 is 0 Å². The van der Waals surface area contributed by atoms with Crippen LogP contribution in [0.15, 0.2) is 18.2 Å². The predicted octanol–water partition coefficient (Wildman–Crippen LogP) is 2.65. The molecule has 2 N–H and O–H groups in total. The molecule has 1 atom stereocenters. The second kappa shape index (κ2) is 5.08. The van der Waals surface area contributed by atoms with Gasteiger partial charge in [0.25, 0.3) is 0 Å². The fourth-order valence-corrected chi connectivity index (χ4v) is 1.32. The Hall–Kier alpha value is -0.750. The van der Waals surface area contributed by atoms with Gasteiger partial charge in [-0.05, 0) is 24.6 Å². The lowest BCUT2D eigenvalue weighted by Crippen LogP contribution is -2.05. The first-order chi connectivity index (χ1) is 5.65. The van der Waals surface area contributed by atoms with Crippen molar-refractivity contribution in [2.75, 3.05) is 0 Å². The summed E-state index contributed by atoms with van der Waals surface area (Å²) in [5.74, 6) is 0. The molecule has 0 radical (unpaired) electrons. The summed E-state index contributed by atoms with van der Waals surface area (Å²) in [5, 5.41) is 9.11. The molecule has 0 aliphatic heterocycles. The van der Waals surface area contributed by atoms with Crippen molar-refractivity contribution in [3.05, 3.63) is 34.3 Å². The molecule has 2 nitrogen and oxygen atoms in total. The normalized spacial score (nSPS) is 11.2. The van der Waals surface area contributed by atoms with Gasteiger partial charge in [0.05, 0.1) is 11.6 Å². The van der Waals surface area contributed by atoms with Crippen LogP contribution in [0.3, 0.4) is 0 Å². The summed E-state index contributed by atoms with van der Waals surface area (Å²) in [5.41, 5.74) is 7.07. The zero-order valence-electron chi connectivity index (χ0n) is 7.12. The molecule has 0 fully saturated rings. The number of hydrogen-bond donors (Lipinski definition) is 1. The van der Waals surface area contributed by atoms with Crippen LogP contribution in [0.2, 0.25) is 5.02 Å². The Labute approximate surface area is 88.7 Å². The van der Waals surface area contributed by atoms with Crippen molar-refractivity contribution in [2.45, 2.75) is 13.0 Å². The summed E-state index contributed by atoms with van der Waals surface area (Å²) >= 11 is 5.87. The summed E-state index contributed by atoms with van der Waals surface area (Å²) in [6, 6.07) is 7.04. The number of nitrogens with two attached hydrogens (primary N) is 1. The van der Waals surface area contributed by atoms with Crippen LogP contribution in [0, 0.1) is 11.3 Å². The Morgan fingerprint density at radius 2 is 2.15 bits per heavy atom. The van der Waals surface area contributed by atoms with Gasteiger partial charge in [0.2, 0.25) is 0 Å². The van der Waals surface area contributed by atoms with Crippen molar-refractivity contribution < 1.29 is 0 Å². The number of rotatable bonds is 1. The van der Waals surface area contributed by atoms with Gasteiger partial charge in [-0.15, -0.1) is 12.4 Å². The number of nitrogens with zero attached hydrogens (tertiary/aromatic N) is 1. The molecule has 13 heavy (non-hydrogen) atoms. The van der Waals surface area contributed by atoms with E-state index in [2.05, 4.69) is 0 Å². The van der Waals surface area contributed by atoms with Gasteiger partial charge in [0, 0.05) is 11.1 Å². The van der Waals surface area contributed by atoms with E-state index in [1.807, 2.05) is 13.0 Å². The molecule has 0 saturated carbocycles. The van der Waals surface area contributed by atoms with Crippen LogP contribution in [-0.2, 0) is 0 Å². The average Bonchev–Trinajstić information content (AvgIpc) is 2.03. The molecule has 1 unspecified atom stereocenters.